The summed E-state index contributed by atoms with van der Waals surface area (Å²) in [5.74, 6) is -5.72. The third-order valence-corrected chi connectivity index (χ3v) is 7.92. The number of fused-ring (bicyclic) bond motifs is 2. The summed E-state index contributed by atoms with van der Waals surface area (Å²) in [6, 6.07) is 21.9. The van der Waals surface area contributed by atoms with Gasteiger partial charge in [0.15, 0.2) is 0 Å². The molecule has 0 spiro atoms. The van der Waals surface area contributed by atoms with Gasteiger partial charge in [-0.2, -0.15) is 0 Å². The van der Waals surface area contributed by atoms with Gasteiger partial charge in [0, 0.05) is 18.7 Å². The average Bonchev–Trinajstić information content (AvgIpc) is 3.42. The molecule has 2 saturated heterocycles. The summed E-state index contributed by atoms with van der Waals surface area (Å²) in [6.45, 7) is -0.166. The zero-order valence-corrected chi connectivity index (χ0v) is 21.9. The number of imide groups is 1. The Morgan fingerprint density at radius 3 is 2.43 bits per heavy atom. The number of benzene rings is 3. The van der Waals surface area contributed by atoms with E-state index >= 15 is 0 Å². The fourth-order valence-corrected chi connectivity index (χ4v) is 6.17. The molecule has 0 radical (unpaired) electrons. The van der Waals surface area contributed by atoms with Crippen molar-refractivity contribution in [2.75, 3.05) is 0 Å². The van der Waals surface area contributed by atoms with E-state index in [1.54, 1.807) is 24.3 Å². The van der Waals surface area contributed by atoms with E-state index in [0.717, 1.165) is 27.8 Å². The molecule has 0 saturated carbocycles. The highest BCUT2D eigenvalue weighted by molar-refractivity contribution is 6.09. The van der Waals surface area contributed by atoms with Crippen LogP contribution in [0.4, 0.5) is 13.2 Å². The monoisotopic (exact) mass is 575 g/mol. The summed E-state index contributed by atoms with van der Waals surface area (Å²) < 4.78 is 43.1. The van der Waals surface area contributed by atoms with Crippen molar-refractivity contribution in [1.82, 2.24) is 15.2 Å². The van der Waals surface area contributed by atoms with E-state index in [0.29, 0.717) is 11.3 Å². The molecule has 8 nitrogen and oxygen atoms in total. The number of ether oxygens (including phenoxy) is 1. The fourth-order valence-electron chi connectivity index (χ4n) is 6.17. The third kappa shape index (κ3) is 4.85. The zero-order valence-electron chi connectivity index (χ0n) is 21.9. The summed E-state index contributed by atoms with van der Waals surface area (Å²) in [6.07, 6.45) is -3.59. The summed E-state index contributed by atoms with van der Waals surface area (Å²) in [5.41, 5.74) is -0.709. The Balaban J connectivity index is 1.45. The number of pyridine rings is 1. The quantitative estimate of drug-likeness (QED) is 0.309. The summed E-state index contributed by atoms with van der Waals surface area (Å²) in [7, 11) is 0. The van der Waals surface area contributed by atoms with Crippen LogP contribution in [0.5, 0.6) is 5.75 Å². The first-order valence-electron chi connectivity index (χ1n) is 13.2. The minimum Gasteiger partial charge on any atom is -0.480 e. The van der Waals surface area contributed by atoms with Crippen molar-refractivity contribution >= 4 is 28.6 Å². The first kappa shape index (κ1) is 27.4. The molecule has 2 fully saturated rings. The molecule has 2 aliphatic rings. The van der Waals surface area contributed by atoms with Crippen molar-refractivity contribution < 1.29 is 37.4 Å². The minimum absolute atomic E-state index is 0.153. The van der Waals surface area contributed by atoms with Crippen molar-refractivity contribution in [2.45, 2.75) is 30.9 Å². The van der Waals surface area contributed by atoms with Crippen LogP contribution in [0.25, 0.3) is 10.8 Å². The number of halogens is 3. The SMILES string of the molecule is O=C1C2C(c3cccc(OC(F)(F)F)c3)NC(Cc3ccc4ccccc4c3)(C(=O)O)C2C(=O)N1Cc1ccccn1. The molecule has 214 valence electrons. The van der Waals surface area contributed by atoms with Crippen LogP contribution < -0.4 is 10.1 Å². The summed E-state index contributed by atoms with van der Waals surface area (Å²) in [4.78, 5) is 46.2. The Morgan fingerprint density at radius 1 is 0.952 bits per heavy atom. The Morgan fingerprint density at radius 2 is 1.71 bits per heavy atom. The number of aliphatic carboxylic acids is 1. The summed E-state index contributed by atoms with van der Waals surface area (Å²) >= 11 is 0. The highest BCUT2D eigenvalue weighted by atomic mass is 19.4. The smallest absolute Gasteiger partial charge is 0.480 e. The van der Waals surface area contributed by atoms with E-state index in [9.17, 15) is 32.7 Å². The van der Waals surface area contributed by atoms with Gasteiger partial charge in [-0.15, -0.1) is 13.2 Å². The molecule has 42 heavy (non-hydrogen) atoms. The molecule has 0 bridgehead atoms. The number of carbonyl (C=O) groups excluding carboxylic acids is 2. The van der Waals surface area contributed by atoms with Gasteiger partial charge in [-0.05, 0) is 46.2 Å². The van der Waals surface area contributed by atoms with Crippen LogP contribution >= 0.6 is 0 Å². The van der Waals surface area contributed by atoms with Crippen molar-refractivity contribution in [3.8, 4) is 5.75 Å². The molecule has 6 rings (SSSR count). The molecule has 11 heteroatoms. The number of nitrogens with one attached hydrogen (secondary N) is 1. The van der Waals surface area contributed by atoms with Gasteiger partial charge in [0.05, 0.1) is 24.1 Å². The molecule has 2 aliphatic heterocycles. The van der Waals surface area contributed by atoms with Crippen molar-refractivity contribution in [3.63, 3.8) is 0 Å². The Kier molecular flexibility index (Phi) is 6.69. The van der Waals surface area contributed by atoms with E-state index in [2.05, 4.69) is 15.0 Å². The van der Waals surface area contributed by atoms with E-state index in [4.69, 9.17) is 0 Å². The number of amides is 2. The predicted octanol–water partition coefficient (Wildman–Crippen LogP) is 4.65. The highest BCUT2D eigenvalue weighted by Gasteiger charge is 2.68. The number of alkyl halides is 3. The second kappa shape index (κ2) is 10.3. The number of hydrogen-bond donors (Lipinski definition) is 2. The standard InChI is InChI=1S/C31H24F3N3O5/c32-31(33,34)42-23-10-5-8-21(15-23)26-24-25(28(39)37(27(24)38)17-22-9-3-4-13-35-22)30(36-26,29(40)41)16-18-11-12-19-6-1-2-7-20(19)14-18/h1-15,24-26,36H,16-17H2,(H,40,41). The first-order chi connectivity index (χ1) is 20.1. The molecular formula is C31H24F3N3O5. The topological polar surface area (TPSA) is 109 Å². The van der Waals surface area contributed by atoms with Crippen LogP contribution in [-0.2, 0) is 27.3 Å². The molecule has 2 N–H and O–H groups in total. The van der Waals surface area contributed by atoms with Crippen LogP contribution in [0.3, 0.4) is 0 Å². The molecule has 4 atom stereocenters. The number of aromatic nitrogens is 1. The maximum absolute atomic E-state index is 14.0. The van der Waals surface area contributed by atoms with Gasteiger partial charge >= 0.3 is 12.3 Å². The van der Waals surface area contributed by atoms with E-state index in [-0.39, 0.29) is 18.5 Å². The second-order valence-corrected chi connectivity index (χ2v) is 10.5. The molecule has 3 aromatic carbocycles. The van der Waals surface area contributed by atoms with Gasteiger partial charge in [0.2, 0.25) is 11.8 Å². The second-order valence-electron chi connectivity index (χ2n) is 10.5. The Hall–Kier alpha value is -4.77. The molecular weight excluding hydrogens is 551 g/mol. The van der Waals surface area contributed by atoms with E-state index < -0.39 is 53.3 Å². The molecule has 0 aliphatic carbocycles. The highest BCUT2D eigenvalue weighted by Crippen LogP contribution is 2.50. The fraction of sp³-hybridized carbons (Fsp3) is 0.226. The van der Waals surface area contributed by atoms with E-state index in [1.165, 1.54) is 18.3 Å². The molecule has 3 heterocycles. The van der Waals surface area contributed by atoms with E-state index in [1.807, 2.05) is 36.4 Å². The lowest BCUT2D eigenvalue weighted by Gasteiger charge is -2.31. The Bertz CT molecular complexity index is 1700. The maximum atomic E-state index is 14.0. The lowest BCUT2D eigenvalue weighted by atomic mass is 9.76. The molecule has 4 aromatic rings. The predicted molar refractivity (Wildman–Crippen MR) is 144 cm³/mol. The van der Waals surface area contributed by atoms with Gasteiger partial charge < -0.3 is 9.84 Å². The molecule has 4 unspecified atom stereocenters. The average molecular weight is 576 g/mol. The molecule has 1 aromatic heterocycles. The minimum atomic E-state index is -4.95. The normalized spacial score (nSPS) is 23.8. The Labute approximate surface area is 237 Å². The van der Waals surface area contributed by atoms with Gasteiger partial charge in [-0.1, -0.05) is 60.7 Å². The number of carbonyl (C=O) groups is 3. The first-order valence-corrected chi connectivity index (χ1v) is 13.2. The van der Waals surface area contributed by atoms with Crippen molar-refractivity contribution in [3.05, 3.63) is 108 Å². The summed E-state index contributed by atoms with van der Waals surface area (Å²) in [5, 5.41) is 15.5. The van der Waals surface area contributed by atoms with Gasteiger partial charge in [-0.25, -0.2) is 0 Å². The lowest BCUT2D eigenvalue weighted by molar-refractivity contribution is -0.274. The van der Waals surface area contributed by atoms with Crippen molar-refractivity contribution in [1.29, 1.82) is 0 Å². The van der Waals surface area contributed by atoms with Crippen LogP contribution in [-0.4, -0.2) is 44.7 Å². The van der Waals surface area contributed by atoms with Gasteiger partial charge in [0.1, 0.15) is 11.3 Å². The molecule has 2 amide bonds. The van der Waals surface area contributed by atoms with Gasteiger partial charge in [0.25, 0.3) is 0 Å². The van der Waals surface area contributed by atoms with Crippen LogP contribution in [0, 0.1) is 11.8 Å². The van der Waals surface area contributed by atoms with Gasteiger partial charge in [-0.3, -0.25) is 29.6 Å². The largest absolute Gasteiger partial charge is 0.573 e. The number of carboxylic acid groups (broad SMARTS) is 1. The number of carboxylic acids is 1. The van der Waals surface area contributed by atoms with Crippen LogP contribution in [0.2, 0.25) is 0 Å². The number of nitrogens with zero attached hydrogens (tertiary/aromatic N) is 2. The van der Waals surface area contributed by atoms with Crippen LogP contribution in [0.1, 0.15) is 22.9 Å². The van der Waals surface area contributed by atoms with Crippen molar-refractivity contribution in [2.24, 2.45) is 11.8 Å². The third-order valence-electron chi connectivity index (χ3n) is 7.92. The lowest BCUT2D eigenvalue weighted by Crippen LogP contribution is -2.57. The number of likely N-dealkylation sites (tertiary alicyclic amines) is 1. The number of rotatable bonds is 7. The van der Waals surface area contributed by atoms with Crippen LogP contribution in [0.15, 0.2) is 91.1 Å². The zero-order chi connectivity index (χ0) is 29.6. The maximum Gasteiger partial charge on any atom is 0.573 e. The number of hydrogen-bond acceptors (Lipinski definition) is 6.